The molecule has 2 heterocycles. The summed E-state index contributed by atoms with van der Waals surface area (Å²) in [7, 11) is 3.86. The van der Waals surface area contributed by atoms with E-state index < -0.39 is 0 Å². The molecule has 90 valence electrons. The lowest BCUT2D eigenvalue weighted by molar-refractivity contribution is 0.756. The summed E-state index contributed by atoms with van der Waals surface area (Å²) < 4.78 is 1.96. The average Bonchev–Trinajstić information content (AvgIpc) is 2.68. The van der Waals surface area contributed by atoms with Gasteiger partial charge >= 0.3 is 0 Å². The molecule has 2 aromatic rings. The Labute approximate surface area is 105 Å². The van der Waals surface area contributed by atoms with Crippen molar-refractivity contribution in [2.75, 3.05) is 17.7 Å². The van der Waals surface area contributed by atoms with Gasteiger partial charge in [-0.1, -0.05) is 11.6 Å². The molecular formula is C11H14ClN5. The van der Waals surface area contributed by atoms with Gasteiger partial charge in [-0.05, 0) is 12.1 Å². The Morgan fingerprint density at radius 1 is 1.47 bits per heavy atom. The fourth-order valence-corrected chi connectivity index (χ4v) is 1.72. The summed E-state index contributed by atoms with van der Waals surface area (Å²) in [6, 6.07) is 3.43. The number of aryl methyl sites for hydroxylation is 1. The van der Waals surface area contributed by atoms with Gasteiger partial charge in [-0.25, -0.2) is 9.97 Å². The van der Waals surface area contributed by atoms with E-state index in [0.29, 0.717) is 23.2 Å². The minimum absolute atomic E-state index is 0.431. The smallest absolute Gasteiger partial charge is 0.153 e. The molecule has 0 spiro atoms. The van der Waals surface area contributed by atoms with E-state index in [1.807, 2.05) is 29.8 Å². The summed E-state index contributed by atoms with van der Waals surface area (Å²) >= 11 is 5.86. The van der Waals surface area contributed by atoms with Crippen molar-refractivity contribution in [3.63, 3.8) is 0 Å². The number of pyridine rings is 1. The molecule has 0 aliphatic rings. The molecule has 0 saturated heterocycles. The van der Waals surface area contributed by atoms with Crippen molar-refractivity contribution in [3.8, 4) is 0 Å². The third kappa shape index (κ3) is 2.50. The molecule has 0 aliphatic heterocycles. The third-order valence-corrected chi connectivity index (χ3v) is 2.74. The highest BCUT2D eigenvalue weighted by Crippen LogP contribution is 2.22. The largest absolute Gasteiger partial charge is 0.396 e. The predicted octanol–water partition coefficient (Wildman–Crippen LogP) is 1.69. The number of nitrogens with zero attached hydrogens (tertiary/aromatic N) is 4. The van der Waals surface area contributed by atoms with Crippen LogP contribution in [-0.4, -0.2) is 21.6 Å². The first-order chi connectivity index (χ1) is 8.08. The molecule has 0 bridgehead atoms. The number of nitrogens with two attached hydrogens (primary N) is 1. The first-order valence-corrected chi connectivity index (χ1v) is 5.55. The number of aromatic nitrogens is 3. The van der Waals surface area contributed by atoms with Crippen LogP contribution in [-0.2, 0) is 13.6 Å². The molecule has 0 radical (unpaired) electrons. The van der Waals surface area contributed by atoms with Gasteiger partial charge in [0.15, 0.2) is 5.82 Å². The van der Waals surface area contributed by atoms with E-state index in [-0.39, 0.29) is 0 Å². The summed E-state index contributed by atoms with van der Waals surface area (Å²) in [4.78, 5) is 10.4. The lowest BCUT2D eigenvalue weighted by atomic mass is 10.3. The van der Waals surface area contributed by atoms with Crippen LogP contribution in [0.4, 0.5) is 11.5 Å². The number of hydrogen-bond acceptors (Lipinski definition) is 4. The van der Waals surface area contributed by atoms with Gasteiger partial charge in [0.05, 0.1) is 12.2 Å². The maximum absolute atomic E-state index is 5.87. The minimum atomic E-state index is 0.431. The van der Waals surface area contributed by atoms with Crippen LogP contribution < -0.4 is 10.6 Å². The van der Waals surface area contributed by atoms with Gasteiger partial charge < -0.3 is 15.2 Å². The normalized spacial score (nSPS) is 10.5. The number of anilines is 2. The van der Waals surface area contributed by atoms with Crippen molar-refractivity contribution < 1.29 is 0 Å². The molecule has 0 aromatic carbocycles. The first kappa shape index (κ1) is 11.7. The Hall–Kier alpha value is -1.75. The quantitative estimate of drug-likeness (QED) is 0.844. The van der Waals surface area contributed by atoms with E-state index in [1.165, 1.54) is 0 Å². The summed E-state index contributed by atoms with van der Waals surface area (Å²) in [5, 5.41) is 0.431. The molecule has 0 amide bonds. The highest BCUT2D eigenvalue weighted by Gasteiger charge is 2.10. The number of halogens is 1. The van der Waals surface area contributed by atoms with Gasteiger partial charge in [0.2, 0.25) is 0 Å². The molecule has 0 aliphatic carbocycles. The van der Waals surface area contributed by atoms with Crippen molar-refractivity contribution in [2.24, 2.45) is 7.05 Å². The maximum atomic E-state index is 5.87. The molecule has 2 aromatic heterocycles. The zero-order chi connectivity index (χ0) is 12.4. The maximum Gasteiger partial charge on any atom is 0.153 e. The van der Waals surface area contributed by atoms with E-state index in [9.17, 15) is 0 Å². The standard InChI is InChI=1S/C11H14ClN5/c1-16-6-5-14-10(16)7-17(2)11-8(13)3-4-9(12)15-11/h3-6H,7,13H2,1-2H3. The van der Waals surface area contributed by atoms with Crippen LogP contribution in [0.5, 0.6) is 0 Å². The molecule has 0 fully saturated rings. The van der Waals surface area contributed by atoms with Crippen LogP contribution in [0.1, 0.15) is 5.82 Å². The molecular weight excluding hydrogens is 238 g/mol. The van der Waals surface area contributed by atoms with Crippen molar-refractivity contribution in [1.82, 2.24) is 14.5 Å². The van der Waals surface area contributed by atoms with Crippen LogP contribution >= 0.6 is 11.6 Å². The molecule has 5 nitrogen and oxygen atoms in total. The van der Waals surface area contributed by atoms with Crippen LogP contribution in [0.15, 0.2) is 24.5 Å². The highest BCUT2D eigenvalue weighted by molar-refractivity contribution is 6.29. The Morgan fingerprint density at radius 3 is 2.88 bits per heavy atom. The van der Waals surface area contributed by atoms with Gasteiger partial charge in [0.25, 0.3) is 0 Å². The van der Waals surface area contributed by atoms with E-state index in [1.54, 1.807) is 18.3 Å². The SMILES string of the molecule is CN(Cc1nccn1C)c1nc(Cl)ccc1N. The van der Waals surface area contributed by atoms with Crippen molar-refractivity contribution in [2.45, 2.75) is 6.54 Å². The number of rotatable bonds is 3. The molecule has 0 atom stereocenters. The summed E-state index contributed by atoms with van der Waals surface area (Å²) in [5.41, 5.74) is 6.47. The lowest BCUT2D eigenvalue weighted by Gasteiger charge is -2.19. The van der Waals surface area contributed by atoms with Crippen LogP contribution in [0.2, 0.25) is 5.15 Å². The van der Waals surface area contributed by atoms with Crippen molar-refractivity contribution >= 4 is 23.1 Å². The second kappa shape index (κ2) is 4.63. The Balaban J connectivity index is 2.23. The molecule has 17 heavy (non-hydrogen) atoms. The summed E-state index contributed by atoms with van der Waals surface area (Å²) in [5.74, 6) is 1.61. The highest BCUT2D eigenvalue weighted by atomic mass is 35.5. The second-order valence-electron chi connectivity index (χ2n) is 3.86. The van der Waals surface area contributed by atoms with Crippen LogP contribution in [0.25, 0.3) is 0 Å². The average molecular weight is 252 g/mol. The second-order valence-corrected chi connectivity index (χ2v) is 4.24. The van der Waals surface area contributed by atoms with E-state index in [2.05, 4.69) is 9.97 Å². The van der Waals surface area contributed by atoms with Crippen LogP contribution in [0.3, 0.4) is 0 Å². The molecule has 0 unspecified atom stereocenters. The minimum Gasteiger partial charge on any atom is -0.396 e. The summed E-state index contributed by atoms with van der Waals surface area (Å²) in [6.07, 6.45) is 3.66. The summed E-state index contributed by atoms with van der Waals surface area (Å²) in [6.45, 7) is 0.626. The van der Waals surface area contributed by atoms with E-state index >= 15 is 0 Å². The van der Waals surface area contributed by atoms with Gasteiger partial charge in [0.1, 0.15) is 11.0 Å². The number of nitrogen functional groups attached to an aromatic ring is 1. The van der Waals surface area contributed by atoms with Crippen LogP contribution in [0, 0.1) is 0 Å². The third-order valence-electron chi connectivity index (χ3n) is 2.53. The topological polar surface area (TPSA) is 60.0 Å². The van der Waals surface area contributed by atoms with Crippen molar-refractivity contribution in [3.05, 3.63) is 35.5 Å². The molecule has 2 N–H and O–H groups in total. The Kier molecular flexibility index (Phi) is 3.19. The number of imidazole rings is 1. The van der Waals surface area contributed by atoms with Crippen molar-refractivity contribution in [1.29, 1.82) is 0 Å². The van der Waals surface area contributed by atoms with E-state index in [4.69, 9.17) is 17.3 Å². The Bertz CT molecular complexity index is 522. The van der Waals surface area contributed by atoms with Gasteiger partial charge in [-0.3, -0.25) is 0 Å². The first-order valence-electron chi connectivity index (χ1n) is 5.17. The number of hydrogen-bond donors (Lipinski definition) is 1. The van der Waals surface area contributed by atoms with E-state index in [0.717, 1.165) is 5.82 Å². The fourth-order valence-electron chi connectivity index (χ4n) is 1.58. The zero-order valence-corrected chi connectivity index (χ0v) is 10.5. The predicted molar refractivity (Wildman–Crippen MR) is 69.0 cm³/mol. The molecule has 2 rings (SSSR count). The molecule has 6 heteroatoms. The zero-order valence-electron chi connectivity index (χ0n) is 9.76. The fraction of sp³-hybridized carbons (Fsp3) is 0.273. The van der Waals surface area contributed by atoms with Gasteiger partial charge in [0, 0.05) is 26.5 Å². The Morgan fingerprint density at radius 2 is 2.24 bits per heavy atom. The van der Waals surface area contributed by atoms with Gasteiger partial charge in [-0.15, -0.1) is 0 Å². The monoisotopic (exact) mass is 251 g/mol. The van der Waals surface area contributed by atoms with Gasteiger partial charge in [-0.2, -0.15) is 0 Å². The molecule has 0 saturated carbocycles. The lowest BCUT2D eigenvalue weighted by Crippen LogP contribution is -2.21.